The first-order valence-corrected chi connectivity index (χ1v) is 20.3. The predicted octanol–water partition coefficient (Wildman–Crippen LogP) is 16.4. The maximum Gasteiger partial charge on any atom is 0.0546 e. The summed E-state index contributed by atoms with van der Waals surface area (Å²) in [5, 5.41) is 9.93. The van der Waals surface area contributed by atoms with Crippen LogP contribution in [0.25, 0.3) is 87.6 Å². The molecule has 1 nitrogen and oxygen atoms in total. The molecule has 1 heteroatoms. The number of rotatable bonds is 7. The van der Waals surface area contributed by atoms with Crippen LogP contribution in [0.1, 0.15) is 0 Å². The smallest absolute Gasteiger partial charge is 0.0546 e. The van der Waals surface area contributed by atoms with Crippen molar-refractivity contribution in [2.24, 2.45) is 0 Å². The third-order valence-electron chi connectivity index (χ3n) is 11.8. The molecule has 0 bridgehead atoms. The lowest BCUT2D eigenvalue weighted by Gasteiger charge is -2.29. The number of benzene rings is 11. The topological polar surface area (TPSA) is 3.24 Å². The van der Waals surface area contributed by atoms with Crippen LogP contribution in [0.5, 0.6) is 0 Å². The zero-order chi connectivity index (χ0) is 39.1. The molecule has 59 heavy (non-hydrogen) atoms. The Balaban J connectivity index is 1.08. The van der Waals surface area contributed by atoms with E-state index >= 15 is 0 Å². The summed E-state index contributed by atoms with van der Waals surface area (Å²) in [6.45, 7) is 0. The van der Waals surface area contributed by atoms with Crippen molar-refractivity contribution in [3.63, 3.8) is 0 Å². The van der Waals surface area contributed by atoms with E-state index in [-0.39, 0.29) is 0 Å². The number of fused-ring (bicyclic) bond motifs is 5. The number of hydrogen-bond donors (Lipinski definition) is 0. The average molecular weight is 750 g/mol. The van der Waals surface area contributed by atoms with Gasteiger partial charge in [0.25, 0.3) is 0 Å². The standard InChI is InChI=1S/C58H39N/c1-2-14-43(15-3-1)57-39-50(35-36-54(57)45-28-26-44(27-29-45)52-24-12-19-42-16-6-8-20-51(42)52)59(58-38-48-18-7-9-21-53(48)55-22-10-11-23-56(55)58)49-33-31-41(32-34-49)47-30-25-40-13-4-5-17-46(40)37-47/h1-39H. The Morgan fingerprint density at radius 3 is 1.54 bits per heavy atom. The first-order chi connectivity index (χ1) is 29.2. The van der Waals surface area contributed by atoms with Crippen molar-refractivity contribution in [2.45, 2.75) is 0 Å². The maximum absolute atomic E-state index is 2.44. The zero-order valence-electron chi connectivity index (χ0n) is 32.5. The molecule has 0 fully saturated rings. The Bertz CT molecular complexity index is 3300. The highest BCUT2D eigenvalue weighted by Crippen LogP contribution is 2.45. The maximum atomic E-state index is 2.44. The van der Waals surface area contributed by atoms with Gasteiger partial charge in [-0.15, -0.1) is 0 Å². The normalized spacial score (nSPS) is 11.4. The third kappa shape index (κ3) is 6.30. The van der Waals surface area contributed by atoms with Crippen molar-refractivity contribution in [3.05, 3.63) is 237 Å². The monoisotopic (exact) mass is 749 g/mol. The molecule has 0 saturated carbocycles. The summed E-state index contributed by atoms with van der Waals surface area (Å²) >= 11 is 0. The average Bonchev–Trinajstić information content (AvgIpc) is 3.32. The first kappa shape index (κ1) is 34.5. The van der Waals surface area contributed by atoms with Crippen LogP contribution >= 0.6 is 0 Å². The second-order valence-electron chi connectivity index (χ2n) is 15.3. The van der Waals surface area contributed by atoms with Crippen molar-refractivity contribution in [1.29, 1.82) is 0 Å². The van der Waals surface area contributed by atoms with Crippen LogP contribution in [-0.4, -0.2) is 0 Å². The molecule has 0 aliphatic rings. The summed E-state index contributed by atoms with van der Waals surface area (Å²) < 4.78 is 0. The molecule has 11 aromatic rings. The fraction of sp³-hybridized carbons (Fsp3) is 0. The molecule has 0 spiro atoms. The van der Waals surface area contributed by atoms with Gasteiger partial charge in [0, 0.05) is 16.8 Å². The Kier molecular flexibility index (Phi) is 8.56. The Hall–Kier alpha value is -7.74. The number of anilines is 3. The van der Waals surface area contributed by atoms with Gasteiger partial charge in [0.1, 0.15) is 0 Å². The molecule has 0 aliphatic carbocycles. The molecule has 0 radical (unpaired) electrons. The van der Waals surface area contributed by atoms with Crippen LogP contribution in [0.2, 0.25) is 0 Å². The highest BCUT2D eigenvalue weighted by Gasteiger charge is 2.20. The summed E-state index contributed by atoms with van der Waals surface area (Å²) in [6.07, 6.45) is 0. The molecule has 0 N–H and O–H groups in total. The highest BCUT2D eigenvalue weighted by molar-refractivity contribution is 6.14. The van der Waals surface area contributed by atoms with Crippen LogP contribution in [0.3, 0.4) is 0 Å². The molecule has 0 saturated heterocycles. The van der Waals surface area contributed by atoms with Gasteiger partial charge in [-0.2, -0.15) is 0 Å². The summed E-state index contributed by atoms with van der Waals surface area (Å²) in [5.74, 6) is 0. The highest BCUT2D eigenvalue weighted by atomic mass is 15.1. The molecule has 276 valence electrons. The van der Waals surface area contributed by atoms with Gasteiger partial charge in [0.2, 0.25) is 0 Å². The van der Waals surface area contributed by atoms with E-state index in [0.717, 1.165) is 17.1 Å². The molecule has 0 atom stereocenters. The predicted molar refractivity (Wildman–Crippen MR) is 253 cm³/mol. The number of nitrogens with zero attached hydrogens (tertiary/aromatic N) is 1. The molecular formula is C58H39N. The van der Waals surface area contributed by atoms with Crippen molar-refractivity contribution >= 4 is 60.2 Å². The summed E-state index contributed by atoms with van der Waals surface area (Å²) in [6, 6.07) is 86.4. The van der Waals surface area contributed by atoms with Gasteiger partial charge in [0.15, 0.2) is 0 Å². The molecular weight excluding hydrogens is 711 g/mol. The number of hydrogen-bond acceptors (Lipinski definition) is 1. The van der Waals surface area contributed by atoms with Crippen LogP contribution < -0.4 is 4.90 Å². The molecule has 0 heterocycles. The van der Waals surface area contributed by atoms with Gasteiger partial charge in [-0.1, -0.05) is 200 Å². The molecule has 0 unspecified atom stereocenters. The van der Waals surface area contributed by atoms with Crippen LogP contribution in [0.15, 0.2) is 237 Å². The van der Waals surface area contributed by atoms with Crippen molar-refractivity contribution in [3.8, 4) is 44.5 Å². The van der Waals surface area contributed by atoms with Gasteiger partial charge in [-0.05, 0) is 119 Å². The lowest BCUT2D eigenvalue weighted by molar-refractivity contribution is 1.30. The van der Waals surface area contributed by atoms with E-state index in [2.05, 4.69) is 241 Å². The van der Waals surface area contributed by atoms with Gasteiger partial charge in [-0.25, -0.2) is 0 Å². The van der Waals surface area contributed by atoms with E-state index in [0.29, 0.717) is 0 Å². The largest absolute Gasteiger partial charge is 0.310 e. The molecule has 0 aromatic heterocycles. The van der Waals surface area contributed by atoms with Crippen LogP contribution in [-0.2, 0) is 0 Å². The van der Waals surface area contributed by atoms with Crippen molar-refractivity contribution in [1.82, 2.24) is 0 Å². The summed E-state index contributed by atoms with van der Waals surface area (Å²) in [5.41, 5.74) is 12.9. The minimum Gasteiger partial charge on any atom is -0.310 e. The van der Waals surface area contributed by atoms with E-state index in [4.69, 9.17) is 0 Å². The second kappa shape index (κ2) is 14.6. The first-order valence-electron chi connectivity index (χ1n) is 20.3. The minimum atomic E-state index is 1.10. The van der Waals surface area contributed by atoms with Crippen LogP contribution in [0, 0.1) is 0 Å². The summed E-state index contributed by atoms with van der Waals surface area (Å²) in [4.78, 5) is 2.44. The fourth-order valence-electron chi connectivity index (χ4n) is 8.90. The van der Waals surface area contributed by atoms with Crippen LogP contribution in [0.4, 0.5) is 17.1 Å². The van der Waals surface area contributed by atoms with Gasteiger partial charge in [-0.3, -0.25) is 0 Å². The van der Waals surface area contributed by atoms with Gasteiger partial charge < -0.3 is 4.90 Å². The van der Waals surface area contributed by atoms with E-state index in [9.17, 15) is 0 Å². The lowest BCUT2D eigenvalue weighted by atomic mass is 9.91. The zero-order valence-corrected chi connectivity index (χ0v) is 32.5. The SMILES string of the molecule is c1ccc(-c2cc(N(c3ccc(-c4ccc5ccccc5c4)cc3)c3cc4ccccc4c4ccccc34)ccc2-c2ccc(-c3cccc4ccccc34)cc2)cc1. The quantitative estimate of drug-likeness (QED) is 0.147. The van der Waals surface area contributed by atoms with Crippen molar-refractivity contribution < 1.29 is 0 Å². The fourth-order valence-corrected chi connectivity index (χ4v) is 8.90. The molecule has 0 aliphatic heterocycles. The third-order valence-corrected chi connectivity index (χ3v) is 11.8. The van der Waals surface area contributed by atoms with Crippen molar-refractivity contribution in [2.75, 3.05) is 4.90 Å². The van der Waals surface area contributed by atoms with E-state index < -0.39 is 0 Å². The Morgan fingerprint density at radius 1 is 0.220 bits per heavy atom. The molecule has 11 rings (SSSR count). The lowest BCUT2D eigenvalue weighted by Crippen LogP contribution is -2.11. The van der Waals surface area contributed by atoms with E-state index in [1.807, 2.05) is 0 Å². The van der Waals surface area contributed by atoms with Gasteiger partial charge >= 0.3 is 0 Å². The minimum absolute atomic E-state index is 1.10. The Morgan fingerprint density at radius 2 is 0.763 bits per heavy atom. The Labute approximate surface area is 344 Å². The molecule has 11 aromatic carbocycles. The second-order valence-corrected chi connectivity index (χ2v) is 15.3. The van der Waals surface area contributed by atoms with Gasteiger partial charge in [0.05, 0.1) is 5.69 Å². The van der Waals surface area contributed by atoms with E-state index in [1.54, 1.807) is 0 Å². The summed E-state index contributed by atoms with van der Waals surface area (Å²) in [7, 11) is 0. The molecule has 0 amide bonds. The van der Waals surface area contributed by atoms with E-state index in [1.165, 1.54) is 87.6 Å².